The molecule has 1 aromatic heterocycles. The Kier molecular flexibility index (Phi) is 5.97. The van der Waals surface area contributed by atoms with E-state index in [4.69, 9.17) is 14.5 Å². The number of carbonyl (C=O) groups is 1. The van der Waals surface area contributed by atoms with Gasteiger partial charge in [-0.2, -0.15) is 0 Å². The van der Waals surface area contributed by atoms with Crippen molar-refractivity contribution in [2.24, 2.45) is 5.92 Å². The molecule has 1 N–H and O–H groups in total. The van der Waals surface area contributed by atoms with Crippen LogP contribution in [0.5, 0.6) is 11.5 Å². The summed E-state index contributed by atoms with van der Waals surface area (Å²) in [6.45, 7) is 5.25. The monoisotopic (exact) mass is 482 g/mol. The number of benzene rings is 3. The van der Waals surface area contributed by atoms with Crippen LogP contribution in [0.4, 0.5) is 5.95 Å². The van der Waals surface area contributed by atoms with E-state index in [1.807, 2.05) is 24.3 Å². The van der Waals surface area contributed by atoms with Crippen molar-refractivity contribution in [2.45, 2.75) is 32.9 Å². The first-order valence-corrected chi connectivity index (χ1v) is 12.6. The Labute approximate surface area is 210 Å². The van der Waals surface area contributed by atoms with Crippen LogP contribution < -0.4 is 19.7 Å². The van der Waals surface area contributed by atoms with Gasteiger partial charge in [-0.3, -0.25) is 4.79 Å². The van der Waals surface area contributed by atoms with Gasteiger partial charge in [0, 0.05) is 25.6 Å². The Hall–Kier alpha value is -4.00. The Bertz CT molecular complexity index is 1400. The number of imidazole rings is 1. The van der Waals surface area contributed by atoms with Crippen molar-refractivity contribution < 1.29 is 14.3 Å². The van der Waals surface area contributed by atoms with Gasteiger partial charge in [0.25, 0.3) is 0 Å². The van der Waals surface area contributed by atoms with Crippen LogP contribution in [0.1, 0.15) is 29.5 Å². The van der Waals surface area contributed by atoms with Gasteiger partial charge in [-0.25, -0.2) is 4.98 Å². The number of rotatable bonds is 6. The Morgan fingerprint density at radius 1 is 0.972 bits per heavy atom. The highest BCUT2D eigenvalue weighted by Crippen LogP contribution is 2.32. The van der Waals surface area contributed by atoms with Gasteiger partial charge in [0.05, 0.1) is 17.6 Å². The molecule has 0 unspecified atom stereocenters. The number of ether oxygens (including phenoxy) is 2. The molecule has 1 saturated heterocycles. The zero-order valence-corrected chi connectivity index (χ0v) is 20.4. The molecule has 3 heterocycles. The largest absolute Gasteiger partial charge is 0.454 e. The smallest absolute Gasteiger partial charge is 0.231 e. The topological polar surface area (TPSA) is 68.6 Å². The molecule has 184 valence electrons. The minimum absolute atomic E-state index is 0.00450. The van der Waals surface area contributed by atoms with Crippen LogP contribution >= 0.6 is 0 Å². The van der Waals surface area contributed by atoms with Crippen LogP contribution in [-0.2, 0) is 17.9 Å². The first-order chi connectivity index (χ1) is 17.6. The summed E-state index contributed by atoms with van der Waals surface area (Å²) in [7, 11) is 0. The number of hydrogen-bond donors (Lipinski definition) is 1. The lowest BCUT2D eigenvalue weighted by atomic mass is 9.96. The number of hydrogen-bond acceptors (Lipinski definition) is 5. The van der Waals surface area contributed by atoms with Crippen molar-refractivity contribution in [2.75, 3.05) is 24.8 Å². The van der Waals surface area contributed by atoms with E-state index in [1.165, 1.54) is 11.1 Å². The van der Waals surface area contributed by atoms with E-state index in [0.29, 0.717) is 6.54 Å². The average molecular weight is 483 g/mol. The first-order valence-electron chi connectivity index (χ1n) is 12.6. The van der Waals surface area contributed by atoms with E-state index in [0.717, 1.165) is 66.5 Å². The zero-order valence-electron chi connectivity index (χ0n) is 20.4. The second-order valence-corrected chi connectivity index (χ2v) is 9.64. The molecule has 6 rings (SSSR count). The summed E-state index contributed by atoms with van der Waals surface area (Å²) in [5, 5.41) is 3.11. The van der Waals surface area contributed by atoms with Gasteiger partial charge in [-0.15, -0.1) is 0 Å². The second-order valence-electron chi connectivity index (χ2n) is 9.64. The van der Waals surface area contributed by atoms with Crippen molar-refractivity contribution in [1.82, 2.24) is 14.9 Å². The Morgan fingerprint density at radius 2 is 1.81 bits per heavy atom. The van der Waals surface area contributed by atoms with E-state index in [1.54, 1.807) is 0 Å². The predicted octanol–water partition coefficient (Wildman–Crippen LogP) is 4.65. The van der Waals surface area contributed by atoms with Gasteiger partial charge in [0.15, 0.2) is 11.5 Å². The van der Waals surface area contributed by atoms with Crippen LogP contribution in [0.15, 0.2) is 66.7 Å². The molecular weight excluding hydrogens is 452 g/mol. The van der Waals surface area contributed by atoms with E-state index < -0.39 is 0 Å². The van der Waals surface area contributed by atoms with Crippen molar-refractivity contribution >= 4 is 22.9 Å². The summed E-state index contributed by atoms with van der Waals surface area (Å²) in [5.74, 6) is 2.59. The molecule has 1 fully saturated rings. The highest BCUT2D eigenvalue weighted by Gasteiger charge is 2.28. The third kappa shape index (κ3) is 4.49. The van der Waals surface area contributed by atoms with Gasteiger partial charge < -0.3 is 24.3 Å². The summed E-state index contributed by atoms with van der Waals surface area (Å²) in [5.41, 5.74) is 5.67. The molecule has 7 heteroatoms. The number of fused-ring (bicyclic) bond motifs is 2. The number of aryl methyl sites for hydroxylation is 1. The number of aromatic nitrogens is 2. The molecule has 1 amide bonds. The van der Waals surface area contributed by atoms with Crippen LogP contribution in [0.25, 0.3) is 11.0 Å². The third-order valence-electron chi connectivity index (χ3n) is 7.11. The van der Waals surface area contributed by atoms with Crippen LogP contribution in [-0.4, -0.2) is 35.3 Å². The lowest BCUT2D eigenvalue weighted by molar-refractivity contribution is -0.125. The van der Waals surface area contributed by atoms with Crippen LogP contribution in [0.3, 0.4) is 0 Å². The number of nitrogens with zero attached hydrogens (tertiary/aromatic N) is 3. The average Bonchev–Trinajstić information content (AvgIpc) is 3.52. The molecule has 0 bridgehead atoms. The summed E-state index contributed by atoms with van der Waals surface area (Å²) >= 11 is 0. The highest BCUT2D eigenvalue weighted by molar-refractivity contribution is 5.80. The molecule has 36 heavy (non-hydrogen) atoms. The molecule has 3 aromatic carbocycles. The summed E-state index contributed by atoms with van der Waals surface area (Å²) in [4.78, 5) is 20.2. The van der Waals surface area contributed by atoms with E-state index in [9.17, 15) is 4.79 Å². The molecule has 0 atom stereocenters. The summed E-state index contributed by atoms with van der Waals surface area (Å²) in [6.07, 6.45) is 1.61. The maximum absolute atomic E-state index is 12.9. The number of nitrogens with one attached hydrogen (secondary N) is 1. The van der Waals surface area contributed by atoms with E-state index in [2.05, 4.69) is 64.2 Å². The van der Waals surface area contributed by atoms with Gasteiger partial charge in [-0.1, -0.05) is 48.0 Å². The van der Waals surface area contributed by atoms with Crippen molar-refractivity contribution in [3.05, 3.63) is 83.4 Å². The molecule has 0 spiro atoms. The molecule has 4 aromatic rings. The first kappa shape index (κ1) is 22.5. The van der Waals surface area contributed by atoms with E-state index >= 15 is 0 Å². The van der Waals surface area contributed by atoms with Crippen LogP contribution in [0, 0.1) is 12.8 Å². The van der Waals surface area contributed by atoms with Crippen molar-refractivity contribution in [1.29, 1.82) is 0 Å². The minimum atomic E-state index is 0.00450. The quantitative estimate of drug-likeness (QED) is 0.433. The summed E-state index contributed by atoms with van der Waals surface area (Å²) in [6, 6.07) is 22.7. The third-order valence-corrected chi connectivity index (χ3v) is 7.11. The van der Waals surface area contributed by atoms with Crippen molar-refractivity contribution in [3.63, 3.8) is 0 Å². The molecule has 0 radical (unpaired) electrons. The molecule has 0 aliphatic carbocycles. The maximum Gasteiger partial charge on any atom is 0.231 e. The fraction of sp³-hybridized carbons (Fsp3) is 0.310. The fourth-order valence-corrected chi connectivity index (χ4v) is 5.18. The number of amides is 1. The van der Waals surface area contributed by atoms with Crippen molar-refractivity contribution in [3.8, 4) is 11.5 Å². The standard InChI is InChI=1S/C29H30N4O3/c1-20-5-4-6-22(15-20)18-33-25-8-3-2-7-24(25)31-29(33)32-13-11-23(12-14-32)28(34)30-17-21-9-10-26-27(16-21)36-19-35-26/h2-10,15-16,23H,11-14,17-19H2,1H3,(H,30,34). The van der Waals surface area contributed by atoms with Gasteiger partial charge >= 0.3 is 0 Å². The normalized spacial score (nSPS) is 15.4. The highest BCUT2D eigenvalue weighted by atomic mass is 16.7. The Balaban J connectivity index is 1.13. The minimum Gasteiger partial charge on any atom is -0.454 e. The number of piperidine rings is 1. The summed E-state index contributed by atoms with van der Waals surface area (Å²) < 4.78 is 13.1. The Morgan fingerprint density at radius 3 is 2.67 bits per heavy atom. The lowest BCUT2D eigenvalue weighted by Gasteiger charge is -2.32. The number of para-hydroxylation sites is 2. The molecular formula is C29H30N4O3. The van der Waals surface area contributed by atoms with Gasteiger partial charge in [0.1, 0.15) is 0 Å². The van der Waals surface area contributed by atoms with Gasteiger partial charge in [0.2, 0.25) is 18.6 Å². The predicted molar refractivity (Wildman–Crippen MR) is 139 cm³/mol. The van der Waals surface area contributed by atoms with Crippen LogP contribution in [0.2, 0.25) is 0 Å². The molecule has 0 saturated carbocycles. The number of anilines is 1. The van der Waals surface area contributed by atoms with Gasteiger partial charge in [-0.05, 0) is 55.2 Å². The lowest BCUT2D eigenvalue weighted by Crippen LogP contribution is -2.41. The molecule has 2 aliphatic rings. The number of carbonyl (C=O) groups excluding carboxylic acids is 1. The maximum atomic E-state index is 12.9. The SMILES string of the molecule is Cc1cccc(Cn2c(N3CCC(C(=O)NCc4ccc5c(c4)OCO5)CC3)nc3ccccc32)c1. The molecule has 2 aliphatic heterocycles. The zero-order chi connectivity index (χ0) is 24.5. The second kappa shape index (κ2) is 9.57. The molecule has 7 nitrogen and oxygen atoms in total. The van der Waals surface area contributed by atoms with E-state index in [-0.39, 0.29) is 18.6 Å². The fourth-order valence-electron chi connectivity index (χ4n) is 5.18.